The largest absolute Gasteiger partial charge is 0.463 e. The van der Waals surface area contributed by atoms with E-state index in [-0.39, 0.29) is 0 Å². The van der Waals surface area contributed by atoms with Gasteiger partial charge in [-0.3, -0.25) is 0 Å². The molecule has 0 amide bonds. The first-order valence-corrected chi connectivity index (χ1v) is 6.28. The van der Waals surface area contributed by atoms with Gasteiger partial charge in [-0.05, 0) is 30.2 Å². The van der Waals surface area contributed by atoms with Crippen molar-refractivity contribution in [2.24, 2.45) is 0 Å². The summed E-state index contributed by atoms with van der Waals surface area (Å²) in [6, 6.07) is 14.7. The van der Waals surface area contributed by atoms with Gasteiger partial charge in [-0.2, -0.15) is 0 Å². The fourth-order valence-corrected chi connectivity index (χ4v) is 1.98. The van der Waals surface area contributed by atoms with E-state index in [0.717, 1.165) is 11.4 Å². The minimum absolute atomic E-state index is 0.816. The van der Waals surface area contributed by atoms with Crippen molar-refractivity contribution in [3.05, 3.63) is 60.9 Å². The van der Waals surface area contributed by atoms with E-state index in [1.807, 2.05) is 25.1 Å². The molecular weight excluding hydrogens is 234 g/mol. The summed E-state index contributed by atoms with van der Waals surface area (Å²) in [6.07, 6.45) is 1.45. The van der Waals surface area contributed by atoms with Crippen molar-refractivity contribution in [2.75, 3.05) is 19.0 Å². The zero-order valence-corrected chi connectivity index (χ0v) is 11.7. The second-order valence-corrected chi connectivity index (χ2v) is 4.73. The van der Waals surface area contributed by atoms with Crippen LogP contribution in [0.5, 0.6) is 5.75 Å². The Balaban J connectivity index is 2.45. The van der Waals surface area contributed by atoms with Gasteiger partial charge in [-0.1, -0.05) is 42.5 Å². The molecule has 98 valence electrons. The van der Waals surface area contributed by atoms with Gasteiger partial charge in [-0.25, -0.2) is 0 Å². The molecule has 0 aliphatic carbocycles. The Morgan fingerprint density at radius 1 is 1.00 bits per heavy atom. The fraction of sp³-hybridized carbons (Fsp3) is 0.176. The molecule has 2 aromatic rings. The topological polar surface area (TPSA) is 12.5 Å². The summed E-state index contributed by atoms with van der Waals surface area (Å²) in [7, 11) is 4.01. The predicted octanol–water partition coefficient (Wildman–Crippen LogP) is 4.25. The van der Waals surface area contributed by atoms with Crippen LogP contribution in [0.1, 0.15) is 5.56 Å². The monoisotopic (exact) mass is 253 g/mol. The zero-order valence-electron chi connectivity index (χ0n) is 11.7. The van der Waals surface area contributed by atoms with E-state index < -0.39 is 0 Å². The molecule has 0 atom stereocenters. The average Bonchev–Trinajstić information content (AvgIpc) is 2.40. The summed E-state index contributed by atoms with van der Waals surface area (Å²) >= 11 is 0. The summed E-state index contributed by atoms with van der Waals surface area (Å²) in [5.41, 5.74) is 4.69. The molecule has 2 aromatic carbocycles. The number of hydrogen-bond acceptors (Lipinski definition) is 2. The number of aryl methyl sites for hydroxylation is 1. The lowest BCUT2D eigenvalue weighted by atomic mass is 10.0. The molecule has 0 fully saturated rings. The second-order valence-electron chi connectivity index (χ2n) is 4.73. The van der Waals surface area contributed by atoms with E-state index in [1.54, 1.807) is 0 Å². The summed E-state index contributed by atoms with van der Waals surface area (Å²) in [5, 5.41) is 0. The highest BCUT2D eigenvalue weighted by molar-refractivity contribution is 5.72. The summed E-state index contributed by atoms with van der Waals surface area (Å²) in [6.45, 7) is 5.70. The van der Waals surface area contributed by atoms with Gasteiger partial charge in [0.05, 0.1) is 11.9 Å². The molecule has 0 N–H and O–H groups in total. The third-order valence-electron chi connectivity index (χ3n) is 3.04. The first-order valence-electron chi connectivity index (χ1n) is 6.28. The number of anilines is 1. The van der Waals surface area contributed by atoms with E-state index in [9.17, 15) is 0 Å². The molecule has 0 spiro atoms. The van der Waals surface area contributed by atoms with Gasteiger partial charge in [0.1, 0.15) is 5.75 Å². The van der Waals surface area contributed by atoms with Crippen LogP contribution in [0.15, 0.2) is 55.3 Å². The molecule has 0 saturated carbocycles. The van der Waals surface area contributed by atoms with Crippen LogP contribution in [0.25, 0.3) is 11.1 Å². The Kier molecular flexibility index (Phi) is 3.91. The lowest BCUT2D eigenvalue weighted by Gasteiger charge is -2.18. The van der Waals surface area contributed by atoms with Gasteiger partial charge < -0.3 is 9.64 Å². The van der Waals surface area contributed by atoms with Crippen LogP contribution in [-0.2, 0) is 0 Å². The van der Waals surface area contributed by atoms with Crippen molar-refractivity contribution in [3.63, 3.8) is 0 Å². The Morgan fingerprint density at radius 2 is 1.63 bits per heavy atom. The standard InChI is InChI=1S/C17H19NO/c1-5-19-17-11-10-15(12-16(17)18(3)4)14-8-6-13(2)7-9-14/h5-12H,1H2,2-4H3. The SMILES string of the molecule is C=COc1ccc(-c2ccc(C)cc2)cc1N(C)C. The predicted molar refractivity (Wildman–Crippen MR) is 81.8 cm³/mol. The molecule has 0 unspecified atom stereocenters. The van der Waals surface area contributed by atoms with E-state index in [4.69, 9.17) is 4.74 Å². The van der Waals surface area contributed by atoms with E-state index in [0.29, 0.717) is 0 Å². The second kappa shape index (κ2) is 5.61. The highest BCUT2D eigenvalue weighted by atomic mass is 16.5. The van der Waals surface area contributed by atoms with Gasteiger partial charge in [0, 0.05) is 14.1 Å². The minimum atomic E-state index is 0.816. The van der Waals surface area contributed by atoms with Crippen LogP contribution in [0, 0.1) is 6.92 Å². The normalized spacial score (nSPS) is 10.1. The molecule has 0 saturated heterocycles. The third kappa shape index (κ3) is 2.97. The summed E-state index contributed by atoms with van der Waals surface area (Å²) in [5.74, 6) is 0.816. The van der Waals surface area contributed by atoms with Crippen molar-refractivity contribution >= 4 is 5.69 Å². The molecule has 2 nitrogen and oxygen atoms in total. The Morgan fingerprint density at radius 3 is 2.21 bits per heavy atom. The van der Waals surface area contributed by atoms with Crippen molar-refractivity contribution in [1.29, 1.82) is 0 Å². The summed E-state index contributed by atoms with van der Waals surface area (Å²) in [4.78, 5) is 2.04. The van der Waals surface area contributed by atoms with E-state index in [1.165, 1.54) is 23.0 Å². The number of rotatable bonds is 4. The highest BCUT2D eigenvalue weighted by Crippen LogP contribution is 2.32. The van der Waals surface area contributed by atoms with Crippen LogP contribution in [-0.4, -0.2) is 14.1 Å². The van der Waals surface area contributed by atoms with Crippen LogP contribution in [0.3, 0.4) is 0 Å². The molecule has 2 heteroatoms. The molecule has 0 bridgehead atoms. The zero-order chi connectivity index (χ0) is 13.8. The number of benzene rings is 2. The smallest absolute Gasteiger partial charge is 0.149 e. The van der Waals surface area contributed by atoms with Crippen LogP contribution >= 0.6 is 0 Å². The molecule has 0 aliphatic rings. The summed E-state index contributed by atoms with van der Waals surface area (Å²) < 4.78 is 5.43. The molecule has 0 radical (unpaired) electrons. The average molecular weight is 253 g/mol. The molecule has 0 aromatic heterocycles. The first-order chi connectivity index (χ1) is 9.11. The van der Waals surface area contributed by atoms with E-state index >= 15 is 0 Å². The van der Waals surface area contributed by atoms with Gasteiger partial charge in [0.15, 0.2) is 0 Å². The molecule has 0 aliphatic heterocycles. The van der Waals surface area contributed by atoms with Gasteiger partial charge in [0.2, 0.25) is 0 Å². The third-order valence-corrected chi connectivity index (χ3v) is 3.04. The number of nitrogens with zero attached hydrogens (tertiary/aromatic N) is 1. The van der Waals surface area contributed by atoms with Crippen molar-refractivity contribution in [2.45, 2.75) is 6.92 Å². The maximum absolute atomic E-state index is 5.43. The number of hydrogen-bond donors (Lipinski definition) is 0. The minimum Gasteiger partial charge on any atom is -0.463 e. The van der Waals surface area contributed by atoms with Crippen LogP contribution in [0.2, 0.25) is 0 Å². The van der Waals surface area contributed by atoms with Crippen molar-refractivity contribution < 1.29 is 4.74 Å². The lowest BCUT2D eigenvalue weighted by molar-refractivity contribution is 0.484. The fourth-order valence-electron chi connectivity index (χ4n) is 1.98. The molecule has 2 rings (SSSR count). The van der Waals surface area contributed by atoms with Gasteiger partial charge >= 0.3 is 0 Å². The highest BCUT2D eigenvalue weighted by Gasteiger charge is 2.07. The number of ether oxygens (including phenoxy) is 1. The van der Waals surface area contributed by atoms with Gasteiger partial charge in [-0.15, -0.1) is 0 Å². The van der Waals surface area contributed by atoms with E-state index in [2.05, 4.69) is 49.9 Å². The molecular formula is C17H19NO. The lowest BCUT2D eigenvalue weighted by Crippen LogP contribution is -2.10. The van der Waals surface area contributed by atoms with Crippen molar-refractivity contribution in [3.8, 4) is 16.9 Å². The van der Waals surface area contributed by atoms with Crippen LogP contribution in [0.4, 0.5) is 5.69 Å². The maximum atomic E-state index is 5.43. The molecule has 19 heavy (non-hydrogen) atoms. The van der Waals surface area contributed by atoms with Crippen molar-refractivity contribution in [1.82, 2.24) is 0 Å². The molecule has 0 heterocycles. The Bertz CT molecular complexity index is 570. The Labute approximate surface area is 114 Å². The quantitative estimate of drug-likeness (QED) is 0.755. The maximum Gasteiger partial charge on any atom is 0.149 e. The van der Waals surface area contributed by atoms with Gasteiger partial charge in [0.25, 0.3) is 0 Å². The van der Waals surface area contributed by atoms with Crippen LogP contribution < -0.4 is 9.64 Å². The Hall–Kier alpha value is -2.22. The first kappa shape index (κ1) is 13.2.